The van der Waals surface area contributed by atoms with Crippen LogP contribution < -0.4 is 10.1 Å². The van der Waals surface area contributed by atoms with Crippen molar-refractivity contribution in [3.05, 3.63) is 23.9 Å². The largest absolute Gasteiger partial charge is 0.490 e. The van der Waals surface area contributed by atoms with E-state index in [1.54, 1.807) is 18.3 Å². The number of aromatic nitrogens is 1. The first-order valence-electron chi connectivity index (χ1n) is 7.02. The van der Waals surface area contributed by atoms with Crippen LogP contribution in [0.15, 0.2) is 18.3 Å². The van der Waals surface area contributed by atoms with Crippen LogP contribution in [0.2, 0.25) is 0 Å². The van der Waals surface area contributed by atoms with Crippen molar-refractivity contribution in [2.75, 3.05) is 6.61 Å². The second-order valence-electron chi connectivity index (χ2n) is 4.49. The van der Waals surface area contributed by atoms with E-state index < -0.39 is 23.7 Å². The molecule has 0 spiro atoms. The molecule has 1 aromatic rings. The molecule has 0 saturated carbocycles. The molecule has 0 fully saturated rings. The van der Waals surface area contributed by atoms with Crippen molar-refractivity contribution in [1.82, 2.24) is 10.3 Å². The topological polar surface area (TPSA) is 88.5 Å². The van der Waals surface area contributed by atoms with E-state index in [1.807, 2.05) is 0 Å². The van der Waals surface area contributed by atoms with Crippen LogP contribution in [0.5, 0.6) is 5.88 Å². The minimum Gasteiger partial charge on any atom is -0.477 e. The Kier molecular flexibility index (Phi) is 10.5. The number of amides is 1. The van der Waals surface area contributed by atoms with E-state index in [0.717, 1.165) is 12.8 Å². The lowest BCUT2D eigenvalue weighted by Gasteiger charge is -2.10. The van der Waals surface area contributed by atoms with E-state index in [2.05, 4.69) is 17.2 Å². The summed E-state index contributed by atoms with van der Waals surface area (Å²) < 4.78 is 49.7. The normalized spacial score (nSPS) is 11.8. The maximum absolute atomic E-state index is 12.5. The van der Waals surface area contributed by atoms with Gasteiger partial charge in [0.05, 0.1) is 6.61 Å². The molecule has 11 heteroatoms. The summed E-state index contributed by atoms with van der Waals surface area (Å²) in [7, 11) is 0. The van der Waals surface area contributed by atoms with Gasteiger partial charge in [-0.15, -0.1) is 0 Å². The summed E-state index contributed by atoms with van der Waals surface area (Å²) in [6, 6.07) is 3.48. The minimum absolute atomic E-state index is 0.140. The lowest BCUT2D eigenvalue weighted by atomic mass is 10.2. The molecule has 0 aliphatic heterocycles. The highest BCUT2D eigenvalue weighted by atomic mass is 35.5. The Bertz CT molecular complexity index is 556. The Morgan fingerprint density at radius 1 is 1.44 bits per heavy atom. The maximum atomic E-state index is 12.5. The Morgan fingerprint density at radius 3 is 2.52 bits per heavy atom. The fourth-order valence-corrected chi connectivity index (χ4v) is 1.34. The van der Waals surface area contributed by atoms with Crippen molar-refractivity contribution >= 4 is 23.5 Å². The van der Waals surface area contributed by atoms with Gasteiger partial charge in [-0.1, -0.05) is 31.0 Å². The van der Waals surface area contributed by atoms with Crippen LogP contribution in [-0.4, -0.2) is 40.4 Å². The quantitative estimate of drug-likeness (QED) is 0.426. The summed E-state index contributed by atoms with van der Waals surface area (Å²) in [5.74, 6) is -3.16. The molecule has 0 aliphatic rings. The van der Waals surface area contributed by atoms with Crippen LogP contribution in [0, 0.1) is 0 Å². The Balaban J connectivity index is 0.000000697. The number of unbranched alkanes of at least 4 members (excludes halogenated alkanes) is 1. The summed E-state index contributed by atoms with van der Waals surface area (Å²) in [5, 5.41) is 9.49. The van der Waals surface area contributed by atoms with Gasteiger partial charge in [0, 0.05) is 18.3 Å². The van der Waals surface area contributed by atoms with Gasteiger partial charge < -0.3 is 15.2 Å². The zero-order valence-electron chi connectivity index (χ0n) is 13.1. The SMILES string of the molecule is CCCCOc1ncccc1CNC(=O)C(F)Cl.O=C(O)C(F)(F)F. The number of alkyl halides is 5. The van der Waals surface area contributed by atoms with E-state index >= 15 is 0 Å². The second-order valence-corrected chi connectivity index (χ2v) is 4.87. The number of carboxylic acid groups (broad SMARTS) is 1. The molecule has 25 heavy (non-hydrogen) atoms. The van der Waals surface area contributed by atoms with Gasteiger partial charge in [0.2, 0.25) is 5.88 Å². The van der Waals surface area contributed by atoms with E-state index in [-0.39, 0.29) is 6.54 Å². The number of halogens is 5. The molecule has 1 heterocycles. The molecule has 0 radical (unpaired) electrons. The lowest BCUT2D eigenvalue weighted by Crippen LogP contribution is -2.28. The van der Waals surface area contributed by atoms with Crippen molar-refractivity contribution in [3.8, 4) is 5.88 Å². The Labute approximate surface area is 146 Å². The third-order valence-electron chi connectivity index (χ3n) is 2.48. The minimum atomic E-state index is -5.08. The third-order valence-corrected chi connectivity index (χ3v) is 2.68. The molecular formula is C14H17ClF4N2O4. The number of nitrogens with one attached hydrogen (secondary N) is 1. The number of hydrogen-bond donors (Lipinski definition) is 2. The van der Waals surface area contributed by atoms with Crippen molar-refractivity contribution in [2.45, 2.75) is 38.1 Å². The van der Waals surface area contributed by atoms with E-state index in [9.17, 15) is 22.4 Å². The van der Waals surface area contributed by atoms with Crippen molar-refractivity contribution in [2.24, 2.45) is 0 Å². The summed E-state index contributed by atoms with van der Waals surface area (Å²) in [6.07, 6.45) is -1.53. The number of nitrogens with zero attached hydrogens (tertiary/aromatic N) is 1. The average molecular weight is 389 g/mol. The molecule has 0 saturated heterocycles. The number of pyridine rings is 1. The fourth-order valence-electron chi connectivity index (χ4n) is 1.26. The summed E-state index contributed by atoms with van der Waals surface area (Å²) in [6.45, 7) is 2.77. The molecule has 0 aliphatic carbocycles. The van der Waals surface area contributed by atoms with E-state index in [4.69, 9.17) is 26.2 Å². The fraction of sp³-hybridized carbons (Fsp3) is 0.500. The van der Waals surface area contributed by atoms with Gasteiger partial charge in [0.15, 0.2) is 0 Å². The molecule has 0 aromatic carbocycles. The standard InChI is InChI=1S/C12H16ClFN2O2.C2HF3O2/c1-2-3-7-18-12-9(5-4-6-15-12)8-16-11(17)10(13)14;3-2(4,5)1(6)7/h4-6,10H,2-3,7-8H2,1H3,(H,16,17);(H,6,7). The zero-order valence-corrected chi connectivity index (χ0v) is 13.9. The maximum Gasteiger partial charge on any atom is 0.490 e. The molecule has 2 N–H and O–H groups in total. The number of carbonyl (C=O) groups excluding carboxylic acids is 1. The predicted molar refractivity (Wildman–Crippen MR) is 80.9 cm³/mol. The average Bonchev–Trinajstić information content (AvgIpc) is 2.53. The van der Waals surface area contributed by atoms with Gasteiger partial charge in [-0.2, -0.15) is 13.2 Å². The summed E-state index contributed by atoms with van der Waals surface area (Å²) >= 11 is 5.01. The highest BCUT2D eigenvalue weighted by Gasteiger charge is 2.38. The first-order chi connectivity index (χ1) is 11.6. The molecule has 142 valence electrons. The summed E-state index contributed by atoms with van der Waals surface area (Å²) in [4.78, 5) is 24.0. The van der Waals surface area contributed by atoms with Crippen molar-refractivity contribution < 1.29 is 37.0 Å². The number of carbonyl (C=O) groups is 2. The molecule has 1 unspecified atom stereocenters. The van der Waals surface area contributed by atoms with Crippen LogP contribution in [0.3, 0.4) is 0 Å². The van der Waals surface area contributed by atoms with Gasteiger partial charge in [0.1, 0.15) is 0 Å². The molecule has 1 atom stereocenters. The first-order valence-corrected chi connectivity index (χ1v) is 7.45. The van der Waals surface area contributed by atoms with Gasteiger partial charge in [-0.3, -0.25) is 4.79 Å². The second kappa shape index (κ2) is 11.5. The van der Waals surface area contributed by atoms with Gasteiger partial charge >= 0.3 is 12.1 Å². The molecule has 0 bridgehead atoms. The van der Waals surface area contributed by atoms with Crippen molar-refractivity contribution in [1.29, 1.82) is 0 Å². The Hall–Kier alpha value is -2.10. The van der Waals surface area contributed by atoms with Crippen LogP contribution in [0.4, 0.5) is 17.6 Å². The lowest BCUT2D eigenvalue weighted by molar-refractivity contribution is -0.192. The number of ether oxygens (including phenoxy) is 1. The predicted octanol–water partition coefficient (Wildman–Crippen LogP) is 3.04. The van der Waals surface area contributed by atoms with Gasteiger partial charge in [-0.25, -0.2) is 14.2 Å². The van der Waals surface area contributed by atoms with Crippen molar-refractivity contribution in [3.63, 3.8) is 0 Å². The third kappa shape index (κ3) is 10.4. The number of rotatable bonds is 7. The number of hydrogen-bond acceptors (Lipinski definition) is 4. The monoisotopic (exact) mass is 388 g/mol. The smallest absolute Gasteiger partial charge is 0.477 e. The van der Waals surface area contributed by atoms with Crippen LogP contribution in [0.1, 0.15) is 25.3 Å². The Morgan fingerprint density at radius 2 is 2.04 bits per heavy atom. The molecule has 6 nitrogen and oxygen atoms in total. The van der Waals surface area contributed by atoms with Crippen LogP contribution in [0.25, 0.3) is 0 Å². The first kappa shape index (κ1) is 22.9. The molecule has 1 rings (SSSR count). The molecule has 1 amide bonds. The van der Waals surface area contributed by atoms with Crippen LogP contribution in [-0.2, 0) is 16.1 Å². The summed E-state index contributed by atoms with van der Waals surface area (Å²) in [5.41, 5.74) is -1.34. The van der Waals surface area contributed by atoms with Gasteiger partial charge in [-0.05, 0) is 12.5 Å². The number of carboxylic acids is 1. The highest BCUT2D eigenvalue weighted by molar-refractivity contribution is 6.29. The van der Waals surface area contributed by atoms with E-state index in [0.29, 0.717) is 18.1 Å². The van der Waals surface area contributed by atoms with Gasteiger partial charge in [0.25, 0.3) is 11.5 Å². The number of aliphatic carboxylic acids is 1. The molecular weight excluding hydrogens is 372 g/mol. The van der Waals surface area contributed by atoms with Crippen LogP contribution >= 0.6 is 11.6 Å². The highest BCUT2D eigenvalue weighted by Crippen LogP contribution is 2.15. The van der Waals surface area contributed by atoms with E-state index in [1.165, 1.54) is 0 Å². The molecule has 1 aromatic heterocycles. The zero-order chi connectivity index (χ0) is 19.5.